The quantitative estimate of drug-likeness (QED) is 0.768. The van der Waals surface area contributed by atoms with E-state index in [1.54, 1.807) is 6.07 Å². The number of nitrogens with zero attached hydrogens (tertiary/aromatic N) is 1. The summed E-state index contributed by atoms with van der Waals surface area (Å²) in [7, 11) is 6.83. The zero-order chi connectivity index (χ0) is 15.7. The summed E-state index contributed by atoms with van der Waals surface area (Å²) in [5.41, 5.74) is 2.18. The van der Waals surface area contributed by atoms with Crippen LogP contribution in [0.3, 0.4) is 0 Å². The summed E-state index contributed by atoms with van der Waals surface area (Å²) in [6.07, 6.45) is -1.45. The molecule has 0 atom stereocenters. The molecule has 0 aromatic heterocycles. The molecule has 0 bridgehead atoms. The van der Waals surface area contributed by atoms with Crippen LogP contribution in [0.1, 0.15) is 5.56 Å². The van der Waals surface area contributed by atoms with Crippen molar-refractivity contribution in [2.75, 3.05) is 33.1 Å². The number of carbonyl (C=O) groups excluding carboxylic acids is 1. The largest absolute Gasteiger partial charge is 0.465 e. The number of ether oxygens (including phenoxy) is 1. The van der Waals surface area contributed by atoms with Gasteiger partial charge in [0.25, 0.3) is 0 Å². The van der Waals surface area contributed by atoms with Crippen molar-refractivity contribution in [2.24, 2.45) is 0 Å². The van der Waals surface area contributed by atoms with Gasteiger partial charge < -0.3 is 25.4 Å². The Bertz CT molecular complexity index is 461. The summed E-state index contributed by atoms with van der Waals surface area (Å²) >= 11 is 0. The van der Waals surface area contributed by atoms with Crippen molar-refractivity contribution in [2.45, 2.75) is 6.92 Å². The Morgan fingerprint density at radius 2 is 1.75 bits per heavy atom. The van der Waals surface area contributed by atoms with Crippen LogP contribution in [0, 0.1) is 6.92 Å². The number of carboxylic acid groups (broad SMARTS) is 1. The topological polar surface area (TPSA) is 90.9 Å². The normalized spacial score (nSPS) is 8.85. The zero-order valence-corrected chi connectivity index (χ0v) is 12.4. The van der Waals surface area contributed by atoms with Crippen molar-refractivity contribution >= 4 is 17.9 Å². The Labute approximate surface area is 118 Å². The minimum atomic E-state index is -0.995. The van der Waals surface area contributed by atoms with E-state index in [0.29, 0.717) is 5.75 Å². The van der Waals surface area contributed by atoms with Gasteiger partial charge in [-0.15, -0.1) is 0 Å². The number of amides is 2. The fourth-order valence-electron chi connectivity index (χ4n) is 1.35. The monoisotopic (exact) mass is 283 g/mol. The van der Waals surface area contributed by atoms with Crippen LogP contribution < -0.4 is 20.3 Å². The molecule has 1 aromatic carbocycles. The lowest BCUT2D eigenvalue weighted by atomic mass is 10.2. The molecule has 0 fully saturated rings. The lowest BCUT2D eigenvalue weighted by Crippen LogP contribution is -2.22. The molecule has 0 aliphatic heterocycles. The van der Waals surface area contributed by atoms with E-state index in [4.69, 9.17) is 9.84 Å². The maximum atomic E-state index is 11.0. The molecule has 0 heterocycles. The van der Waals surface area contributed by atoms with Gasteiger partial charge in [0.05, 0.1) is 0 Å². The van der Waals surface area contributed by atoms with Gasteiger partial charge in [0.15, 0.2) is 0 Å². The Kier molecular flexibility index (Phi) is 7.57. The van der Waals surface area contributed by atoms with Crippen molar-refractivity contribution in [1.82, 2.24) is 10.6 Å². The number of anilines is 1. The predicted molar refractivity (Wildman–Crippen MR) is 77.7 cm³/mol. The van der Waals surface area contributed by atoms with E-state index in [1.807, 2.05) is 43.4 Å². The molecule has 1 rings (SSSR count). The van der Waals surface area contributed by atoms with E-state index in [1.165, 1.54) is 14.1 Å². The van der Waals surface area contributed by atoms with Crippen LogP contribution in [0.25, 0.3) is 0 Å². The average molecular weight is 283 g/mol. The lowest BCUT2D eigenvalue weighted by Gasteiger charge is -2.16. The molecule has 0 radical (unpaired) electrons. The molecule has 2 amide bonds. The molecule has 7 nitrogen and oxygen atoms in total. The first-order valence-corrected chi connectivity index (χ1v) is 5.90. The second kappa shape index (κ2) is 8.63. The first-order chi connectivity index (χ1) is 9.31. The van der Waals surface area contributed by atoms with Crippen LogP contribution in [0.5, 0.6) is 5.75 Å². The van der Waals surface area contributed by atoms with Crippen LogP contribution in [0.2, 0.25) is 0 Å². The maximum absolute atomic E-state index is 11.0. The average Bonchev–Trinajstić information content (AvgIpc) is 2.38. The third kappa shape index (κ3) is 6.48. The number of nitrogens with one attached hydrogen (secondary N) is 2. The van der Waals surface area contributed by atoms with Crippen LogP contribution in [0.15, 0.2) is 18.2 Å². The fourth-order valence-corrected chi connectivity index (χ4v) is 1.35. The predicted octanol–water partition coefficient (Wildman–Crippen LogP) is 1.66. The van der Waals surface area contributed by atoms with Crippen molar-refractivity contribution in [3.63, 3.8) is 0 Å². The highest BCUT2D eigenvalue weighted by atomic mass is 16.5. The molecule has 20 heavy (non-hydrogen) atoms. The van der Waals surface area contributed by atoms with Gasteiger partial charge in [-0.1, -0.05) is 0 Å². The number of hydrogen-bond donors (Lipinski definition) is 3. The third-order valence-corrected chi connectivity index (χ3v) is 2.28. The highest BCUT2D eigenvalue weighted by Crippen LogP contribution is 2.23. The molecule has 1 aromatic rings. The molecule has 112 valence electrons. The molecule has 0 saturated carbocycles. The molecule has 7 heteroatoms. The lowest BCUT2D eigenvalue weighted by molar-refractivity contribution is 0.197. The third-order valence-electron chi connectivity index (χ3n) is 2.28. The minimum absolute atomic E-state index is 0.452. The number of rotatable bonds is 2. The molecule has 3 N–H and O–H groups in total. The molecule has 0 saturated heterocycles. The SMILES string of the molecule is CNC(=O)O.CNC(=O)Oc1ccc(N(C)C)c(C)c1. The highest BCUT2D eigenvalue weighted by Gasteiger charge is 2.05. The molecular formula is C13H21N3O4. The van der Waals surface area contributed by atoms with Gasteiger partial charge in [-0.25, -0.2) is 9.59 Å². The van der Waals surface area contributed by atoms with Crippen molar-refractivity contribution in [1.29, 1.82) is 0 Å². The van der Waals surface area contributed by atoms with E-state index in [0.717, 1.165) is 11.3 Å². The molecule has 0 aliphatic rings. The maximum Gasteiger partial charge on any atom is 0.412 e. The van der Waals surface area contributed by atoms with Gasteiger partial charge in [-0.3, -0.25) is 0 Å². The Morgan fingerprint density at radius 1 is 1.20 bits per heavy atom. The van der Waals surface area contributed by atoms with Crippen molar-refractivity contribution in [3.8, 4) is 5.75 Å². The highest BCUT2D eigenvalue weighted by molar-refractivity contribution is 5.70. The van der Waals surface area contributed by atoms with Crippen molar-refractivity contribution < 1.29 is 19.4 Å². The number of aryl methyl sites for hydroxylation is 1. The first kappa shape index (κ1) is 17.6. The van der Waals surface area contributed by atoms with E-state index in [2.05, 4.69) is 5.32 Å². The first-order valence-electron chi connectivity index (χ1n) is 5.90. The van der Waals surface area contributed by atoms with Crippen molar-refractivity contribution in [3.05, 3.63) is 23.8 Å². The summed E-state index contributed by atoms with van der Waals surface area (Å²) < 4.78 is 5.01. The van der Waals surface area contributed by atoms with Gasteiger partial charge in [0.2, 0.25) is 0 Å². The van der Waals surface area contributed by atoms with Crippen LogP contribution in [0.4, 0.5) is 15.3 Å². The zero-order valence-electron chi connectivity index (χ0n) is 12.4. The Hall–Kier alpha value is -2.44. The fraction of sp³-hybridized carbons (Fsp3) is 0.385. The molecule has 0 unspecified atom stereocenters. The summed E-state index contributed by atoms with van der Waals surface area (Å²) in [6.45, 7) is 1.98. The summed E-state index contributed by atoms with van der Waals surface area (Å²) in [6, 6.07) is 5.54. The van der Waals surface area contributed by atoms with Gasteiger partial charge in [-0.05, 0) is 30.7 Å². The van der Waals surface area contributed by atoms with Gasteiger partial charge in [-0.2, -0.15) is 0 Å². The molecule has 0 aliphatic carbocycles. The van der Waals surface area contributed by atoms with E-state index < -0.39 is 12.2 Å². The minimum Gasteiger partial charge on any atom is -0.465 e. The molecular weight excluding hydrogens is 262 g/mol. The molecule has 0 spiro atoms. The van der Waals surface area contributed by atoms with E-state index >= 15 is 0 Å². The van der Waals surface area contributed by atoms with Gasteiger partial charge in [0.1, 0.15) is 5.75 Å². The second-order valence-corrected chi connectivity index (χ2v) is 4.04. The number of hydrogen-bond acceptors (Lipinski definition) is 4. The van der Waals surface area contributed by atoms with E-state index in [9.17, 15) is 9.59 Å². The number of carbonyl (C=O) groups is 2. The van der Waals surface area contributed by atoms with Crippen LogP contribution in [-0.2, 0) is 0 Å². The summed E-state index contributed by atoms with van der Waals surface area (Å²) in [5.74, 6) is 0.553. The van der Waals surface area contributed by atoms with Crippen LogP contribution >= 0.6 is 0 Å². The number of benzene rings is 1. The van der Waals surface area contributed by atoms with Gasteiger partial charge >= 0.3 is 12.2 Å². The Balaban J connectivity index is 0.000000621. The van der Waals surface area contributed by atoms with E-state index in [-0.39, 0.29) is 0 Å². The Morgan fingerprint density at radius 3 is 2.10 bits per heavy atom. The smallest absolute Gasteiger partial charge is 0.412 e. The summed E-state index contributed by atoms with van der Waals surface area (Å²) in [4.78, 5) is 22.2. The standard InChI is InChI=1S/C11H16N2O2.C2H5NO2/c1-8-7-9(15-11(14)12-2)5-6-10(8)13(3)4;1-3-2(4)5/h5-7H,1-4H3,(H,12,14);3H,1H3,(H,4,5). The summed E-state index contributed by atoms with van der Waals surface area (Å²) in [5, 5.41) is 12.0. The van der Waals surface area contributed by atoms with Gasteiger partial charge in [0, 0.05) is 33.9 Å². The second-order valence-electron chi connectivity index (χ2n) is 4.04. The van der Waals surface area contributed by atoms with Crippen LogP contribution in [-0.4, -0.2) is 45.5 Å².